The van der Waals surface area contributed by atoms with Gasteiger partial charge >= 0.3 is 0 Å². The molecule has 0 amide bonds. The Kier molecular flexibility index (Phi) is 10.8. The zero-order chi connectivity index (χ0) is 9.07. The molecule has 0 unspecified atom stereocenters. The molecule has 6 heteroatoms. The van der Waals surface area contributed by atoms with Crippen LogP contribution in [0.1, 0.15) is 0 Å². The van der Waals surface area contributed by atoms with E-state index in [1.54, 1.807) is 21.6 Å². The van der Waals surface area contributed by atoms with Crippen LogP contribution in [0.4, 0.5) is 0 Å². The van der Waals surface area contributed by atoms with E-state index in [0.29, 0.717) is 13.1 Å². The third-order valence-corrected chi connectivity index (χ3v) is 3.28. The molecule has 0 bridgehead atoms. The Morgan fingerprint density at radius 2 is 1.75 bits per heavy atom. The summed E-state index contributed by atoms with van der Waals surface area (Å²) in [4.78, 5) is 16.8. The van der Waals surface area contributed by atoms with Gasteiger partial charge in [0, 0.05) is 11.5 Å². The molecule has 0 aliphatic rings. The molecular formula is C6H8N2OS3. The van der Waals surface area contributed by atoms with E-state index in [1.165, 1.54) is 6.08 Å². The molecule has 0 radical (unpaired) electrons. The van der Waals surface area contributed by atoms with Gasteiger partial charge < -0.3 is 0 Å². The van der Waals surface area contributed by atoms with Crippen molar-refractivity contribution in [1.29, 1.82) is 0 Å². The maximum absolute atomic E-state index is 9.64. The lowest BCUT2D eigenvalue weighted by Gasteiger charge is -1.93. The Morgan fingerprint density at radius 3 is 2.25 bits per heavy atom. The van der Waals surface area contributed by atoms with Gasteiger partial charge in [-0.15, -0.1) is 0 Å². The van der Waals surface area contributed by atoms with Crippen LogP contribution in [-0.2, 0) is 4.79 Å². The van der Waals surface area contributed by atoms with Crippen molar-refractivity contribution in [3.05, 3.63) is 0 Å². The van der Waals surface area contributed by atoms with E-state index in [0.717, 1.165) is 11.5 Å². The summed E-state index contributed by atoms with van der Waals surface area (Å²) in [7, 11) is 3.36. The van der Waals surface area contributed by atoms with Crippen molar-refractivity contribution >= 4 is 45.0 Å². The molecule has 3 nitrogen and oxygen atoms in total. The van der Waals surface area contributed by atoms with Crippen molar-refractivity contribution in [2.75, 3.05) is 24.6 Å². The highest BCUT2D eigenvalue weighted by Crippen LogP contribution is 2.19. The first-order valence-electron chi connectivity index (χ1n) is 3.23. The number of rotatable bonds is 7. The van der Waals surface area contributed by atoms with Crippen molar-refractivity contribution < 1.29 is 4.79 Å². The maximum atomic E-state index is 9.64. The van der Waals surface area contributed by atoms with Crippen LogP contribution in [0.5, 0.6) is 0 Å². The summed E-state index contributed by atoms with van der Waals surface area (Å²) in [6.45, 7) is 1.25. The molecule has 0 fully saturated rings. The van der Waals surface area contributed by atoms with Crippen LogP contribution in [0.15, 0.2) is 9.98 Å². The molecule has 0 saturated carbocycles. The van der Waals surface area contributed by atoms with Gasteiger partial charge in [0.2, 0.25) is 6.08 Å². The Hall–Kier alpha value is -0.120. The fraction of sp³-hybridized carbons (Fsp3) is 0.667. The van der Waals surface area contributed by atoms with Crippen molar-refractivity contribution in [3.8, 4) is 0 Å². The second kappa shape index (κ2) is 10.9. The maximum Gasteiger partial charge on any atom is 0.234 e. The first-order chi connectivity index (χ1) is 5.91. The predicted octanol–water partition coefficient (Wildman–Crippen LogP) is 1.81. The highest BCUT2D eigenvalue weighted by atomic mass is 33.1. The van der Waals surface area contributed by atoms with E-state index in [9.17, 15) is 4.79 Å². The minimum absolute atomic E-state index is 0.539. The summed E-state index contributed by atoms with van der Waals surface area (Å²) in [5, 5.41) is 2.29. The lowest BCUT2D eigenvalue weighted by atomic mass is 10.8. The number of hydrogen-bond acceptors (Lipinski definition) is 6. The van der Waals surface area contributed by atoms with Gasteiger partial charge in [0.05, 0.1) is 18.3 Å². The molecule has 0 rings (SSSR count). The van der Waals surface area contributed by atoms with Gasteiger partial charge in [0.15, 0.2) is 0 Å². The number of hydrogen-bond donors (Lipinski definition) is 0. The normalized spacial score (nSPS) is 8.33. The number of carbonyl (C=O) groups excluding carboxylic acids is 1. The molecule has 0 aliphatic carbocycles. The predicted molar refractivity (Wildman–Crippen MR) is 57.8 cm³/mol. The molecule has 66 valence electrons. The summed E-state index contributed by atoms with van der Waals surface area (Å²) >= 11 is 4.40. The van der Waals surface area contributed by atoms with Crippen LogP contribution >= 0.6 is 33.8 Å². The molecule has 0 aromatic heterocycles. The van der Waals surface area contributed by atoms with E-state index >= 15 is 0 Å². The quantitative estimate of drug-likeness (QED) is 0.216. The van der Waals surface area contributed by atoms with Gasteiger partial charge in [-0.1, -0.05) is 21.6 Å². The van der Waals surface area contributed by atoms with Crippen LogP contribution < -0.4 is 0 Å². The Morgan fingerprint density at radius 1 is 1.17 bits per heavy atom. The smallest absolute Gasteiger partial charge is 0.232 e. The van der Waals surface area contributed by atoms with Gasteiger partial charge in [-0.3, -0.25) is 0 Å². The number of nitrogens with zero attached hydrogens (tertiary/aromatic N) is 2. The topological polar surface area (TPSA) is 41.8 Å². The number of aliphatic imine (C=N–C) groups is 2. The Labute approximate surface area is 84.5 Å². The molecule has 12 heavy (non-hydrogen) atoms. The van der Waals surface area contributed by atoms with Gasteiger partial charge in [-0.2, -0.15) is 0 Å². The van der Waals surface area contributed by atoms with Gasteiger partial charge in [-0.25, -0.2) is 14.8 Å². The third-order valence-electron chi connectivity index (χ3n) is 0.785. The zero-order valence-corrected chi connectivity index (χ0v) is 8.81. The summed E-state index contributed by atoms with van der Waals surface area (Å²) < 4.78 is 0. The van der Waals surface area contributed by atoms with E-state index in [4.69, 9.17) is 0 Å². The van der Waals surface area contributed by atoms with Crippen LogP contribution in [0.25, 0.3) is 0 Å². The molecule has 0 spiro atoms. The van der Waals surface area contributed by atoms with Crippen LogP contribution in [0, 0.1) is 0 Å². The Balaban J connectivity index is 3.00. The summed E-state index contributed by atoms with van der Waals surface area (Å²) in [6, 6.07) is 0. The summed E-state index contributed by atoms with van der Waals surface area (Å²) in [6.07, 6.45) is 1.49. The lowest BCUT2D eigenvalue weighted by molar-refractivity contribution is 0.563. The fourth-order valence-electron chi connectivity index (χ4n) is 0.375. The van der Waals surface area contributed by atoms with E-state index in [1.807, 2.05) is 0 Å². The molecule has 0 heterocycles. The summed E-state index contributed by atoms with van der Waals surface area (Å²) in [5.74, 6) is 1.75. The van der Waals surface area contributed by atoms with E-state index < -0.39 is 0 Å². The molecule has 0 aromatic rings. The SMILES string of the molecule is O=C=NCCSSCCN=C=S. The van der Waals surface area contributed by atoms with E-state index in [2.05, 4.69) is 27.4 Å². The molecule has 0 N–H and O–H groups in total. The zero-order valence-electron chi connectivity index (χ0n) is 6.36. The van der Waals surface area contributed by atoms with Crippen LogP contribution in [0.2, 0.25) is 0 Å². The first kappa shape index (κ1) is 11.9. The van der Waals surface area contributed by atoms with Crippen LogP contribution in [0.3, 0.4) is 0 Å². The average molecular weight is 220 g/mol. The van der Waals surface area contributed by atoms with Crippen molar-refractivity contribution in [2.24, 2.45) is 9.98 Å². The van der Waals surface area contributed by atoms with Crippen LogP contribution in [-0.4, -0.2) is 35.8 Å². The molecular weight excluding hydrogens is 212 g/mol. The van der Waals surface area contributed by atoms with Crippen molar-refractivity contribution in [3.63, 3.8) is 0 Å². The first-order valence-corrected chi connectivity index (χ1v) is 6.13. The van der Waals surface area contributed by atoms with Gasteiger partial charge in [0.1, 0.15) is 0 Å². The largest absolute Gasteiger partial charge is 0.234 e. The number of thiocarbonyl (C=S) groups is 1. The minimum atomic E-state index is 0.539. The minimum Gasteiger partial charge on any atom is -0.232 e. The second-order valence-electron chi connectivity index (χ2n) is 1.59. The number of isocyanates is 1. The standard InChI is InChI=1S/C6H8N2OS3/c9-5-7-1-3-11-12-4-2-8-6-10/h1-4H2. The van der Waals surface area contributed by atoms with Gasteiger partial charge in [0.25, 0.3) is 0 Å². The van der Waals surface area contributed by atoms with Gasteiger partial charge in [-0.05, 0) is 12.2 Å². The number of isothiocyanates is 1. The van der Waals surface area contributed by atoms with Crippen molar-refractivity contribution in [2.45, 2.75) is 0 Å². The second-order valence-corrected chi connectivity index (χ2v) is 4.47. The summed E-state index contributed by atoms with van der Waals surface area (Å²) in [5.41, 5.74) is 0. The lowest BCUT2D eigenvalue weighted by Crippen LogP contribution is -1.84. The molecule has 0 atom stereocenters. The van der Waals surface area contributed by atoms with Crippen molar-refractivity contribution in [1.82, 2.24) is 0 Å². The highest BCUT2D eigenvalue weighted by molar-refractivity contribution is 8.76. The monoisotopic (exact) mass is 220 g/mol. The molecule has 0 saturated heterocycles. The third kappa shape index (κ3) is 9.88. The highest BCUT2D eigenvalue weighted by Gasteiger charge is 1.88. The molecule has 0 aromatic carbocycles. The van der Waals surface area contributed by atoms with E-state index in [-0.39, 0.29) is 0 Å². The molecule has 0 aliphatic heterocycles. The Bertz CT molecular complexity index is 175. The average Bonchev–Trinajstić information content (AvgIpc) is 2.10. The fourth-order valence-corrected chi connectivity index (χ4v) is 2.19.